The third kappa shape index (κ3) is 5.09. The zero-order valence-electron chi connectivity index (χ0n) is 15.7. The summed E-state index contributed by atoms with van der Waals surface area (Å²) in [7, 11) is 0. The second-order valence-corrected chi connectivity index (χ2v) is 7.57. The van der Waals surface area contributed by atoms with Gasteiger partial charge in [-0.2, -0.15) is 0 Å². The van der Waals surface area contributed by atoms with Crippen LogP contribution >= 0.6 is 0 Å². The number of rotatable bonds is 4. The lowest BCUT2D eigenvalue weighted by molar-refractivity contribution is -0.144. The van der Waals surface area contributed by atoms with Gasteiger partial charge in [-0.1, -0.05) is 33.1 Å². The summed E-state index contributed by atoms with van der Waals surface area (Å²) in [6, 6.07) is 0. The van der Waals surface area contributed by atoms with Crippen LogP contribution in [-0.2, 0) is 14.3 Å². The Hall–Kier alpha value is -1.79. The fourth-order valence-electron chi connectivity index (χ4n) is 3.61. The first-order chi connectivity index (χ1) is 11.8. The second kappa shape index (κ2) is 8.54. The quantitative estimate of drug-likeness (QED) is 0.835. The molecule has 2 fully saturated rings. The molecule has 0 spiro atoms. The number of carbonyl (C=O) groups excluding carboxylic acids is 3. The lowest BCUT2D eigenvalue weighted by Gasteiger charge is -2.42. The number of carbonyl (C=O) groups is 3. The molecule has 7 heteroatoms. The van der Waals surface area contributed by atoms with Gasteiger partial charge in [-0.15, -0.1) is 0 Å². The summed E-state index contributed by atoms with van der Waals surface area (Å²) in [5, 5.41) is 2.92. The van der Waals surface area contributed by atoms with E-state index in [0.717, 1.165) is 19.3 Å². The van der Waals surface area contributed by atoms with Gasteiger partial charge in [0.2, 0.25) is 11.8 Å². The van der Waals surface area contributed by atoms with Crippen molar-refractivity contribution in [3.8, 4) is 0 Å². The molecular weight excluding hydrogens is 322 g/mol. The first-order valence-corrected chi connectivity index (χ1v) is 9.34. The molecule has 1 N–H and O–H groups in total. The lowest BCUT2D eigenvalue weighted by Crippen LogP contribution is -2.63. The Kier molecular flexibility index (Phi) is 6.67. The van der Waals surface area contributed by atoms with Crippen molar-refractivity contribution in [2.24, 2.45) is 5.92 Å². The van der Waals surface area contributed by atoms with Gasteiger partial charge in [-0.05, 0) is 18.8 Å². The van der Waals surface area contributed by atoms with E-state index in [1.54, 1.807) is 9.80 Å². The Labute approximate surface area is 150 Å². The third-order valence-corrected chi connectivity index (χ3v) is 4.90. The Bertz CT molecular complexity index is 493. The van der Waals surface area contributed by atoms with Crippen LogP contribution in [0.5, 0.6) is 0 Å². The normalized spacial score (nSPS) is 20.3. The number of nitrogens with zero attached hydrogens (tertiary/aromatic N) is 2. The van der Waals surface area contributed by atoms with E-state index in [-0.39, 0.29) is 17.9 Å². The Balaban J connectivity index is 1.92. The molecule has 1 aliphatic heterocycles. The summed E-state index contributed by atoms with van der Waals surface area (Å²) >= 11 is 0. The van der Waals surface area contributed by atoms with Gasteiger partial charge in [0.25, 0.3) is 0 Å². The van der Waals surface area contributed by atoms with E-state index in [9.17, 15) is 14.4 Å². The van der Waals surface area contributed by atoms with Crippen molar-refractivity contribution in [3.05, 3.63) is 0 Å². The average Bonchev–Trinajstić information content (AvgIpc) is 2.59. The van der Waals surface area contributed by atoms with Gasteiger partial charge in [0.1, 0.15) is 5.54 Å². The number of amides is 3. The monoisotopic (exact) mass is 353 g/mol. The van der Waals surface area contributed by atoms with E-state index < -0.39 is 5.54 Å². The number of nitrogens with one attached hydrogen (secondary N) is 1. The molecule has 142 valence electrons. The molecule has 0 aromatic heterocycles. The SMILES string of the molecule is CC(=O)NC1(C(=O)N2CCN(C(=O)OCC(C)C)CC2)CCCCC1. The molecule has 7 nitrogen and oxygen atoms in total. The van der Waals surface area contributed by atoms with Crippen LogP contribution < -0.4 is 5.32 Å². The number of ether oxygens (including phenoxy) is 1. The van der Waals surface area contributed by atoms with Crippen LogP contribution in [-0.4, -0.2) is 66.0 Å². The minimum atomic E-state index is -0.760. The van der Waals surface area contributed by atoms with Crippen molar-refractivity contribution in [2.45, 2.75) is 58.4 Å². The first kappa shape index (κ1) is 19.5. The molecule has 2 aliphatic rings. The molecule has 0 atom stereocenters. The van der Waals surface area contributed by atoms with Crippen molar-refractivity contribution in [1.29, 1.82) is 0 Å². The van der Waals surface area contributed by atoms with Crippen LogP contribution in [0.1, 0.15) is 52.9 Å². The Morgan fingerprint density at radius 2 is 1.56 bits per heavy atom. The highest BCUT2D eigenvalue weighted by Crippen LogP contribution is 2.30. The van der Waals surface area contributed by atoms with Crippen molar-refractivity contribution in [2.75, 3.05) is 32.8 Å². The van der Waals surface area contributed by atoms with E-state index in [0.29, 0.717) is 51.5 Å². The van der Waals surface area contributed by atoms with Crippen molar-refractivity contribution in [1.82, 2.24) is 15.1 Å². The predicted octanol–water partition coefficient (Wildman–Crippen LogP) is 1.76. The maximum absolute atomic E-state index is 13.1. The average molecular weight is 353 g/mol. The highest BCUT2D eigenvalue weighted by Gasteiger charge is 2.43. The molecule has 2 rings (SSSR count). The fraction of sp³-hybridized carbons (Fsp3) is 0.833. The van der Waals surface area contributed by atoms with Crippen LogP contribution in [0.15, 0.2) is 0 Å². The molecule has 0 bridgehead atoms. The number of hydrogen-bond acceptors (Lipinski definition) is 4. The topological polar surface area (TPSA) is 79.0 Å². The molecule has 1 aliphatic carbocycles. The summed E-state index contributed by atoms with van der Waals surface area (Å²) < 4.78 is 5.25. The summed E-state index contributed by atoms with van der Waals surface area (Å²) in [6.07, 6.45) is 4.09. The van der Waals surface area contributed by atoms with Gasteiger partial charge in [0.15, 0.2) is 0 Å². The molecule has 1 saturated heterocycles. The van der Waals surface area contributed by atoms with Gasteiger partial charge in [0.05, 0.1) is 6.61 Å². The Morgan fingerprint density at radius 3 is 2.08 bits per heavy atom. The zero-order valence-corrected chi connectivity index (χ0v) is 15.7. The fourth-order valence-corrected chi connectivity index (χ4v) is 3.61. The molecule has 0 aromatic rings. The van der Waals surface area contributed by atoms with Crippen LogP contribution in [0.4, 0.5) is 4.79 Å². The van der Waals surface area contributed by atoms with E-state index in [1.807, 2.05) is 13.8 Å². The van der Waals surface area contributed by atoms with Crippen molar-refractivity contribution >= 4 is 17.9 Å². The highest BCUT2D eigenvalue weighted by molar-refractivity contribution is 5.91. The molecule has 0 unspecified atom stereocenters. The molecule has 0 radical (unpaired) electrons. The van der Waals surface area contributed by atoms with Gasteiger partial charge in [0, 0.05) is 33.1 Å². The molecule has 0 aromatic carbocycles. The zero-order chi connectivity index (χ0) is 18.4. The van der Waals surface area contributed by atoms with Crippen molar-refractivity contribution in [3.63, 3.8) is 0 Å². The maximum Gasteiger partial charge on any atom is 0.409 e. The predicted molar refractivity (Wildman–Crippen MR) is 94.0 cm³/mol. The van der Waals surface area contributed by atoms with Crippen LogP contribution in [0.3, 0.4) is 0 Å². The van der Waals surface area contributed by atoms with E-state index in [1.165, 1.54) is 6.92 Å². The molecule has 1 heterocycles. The lowest BCUT2D eigenvalue weighted by atomic mass is 9.80. The van der Waals surface area contributed by atoms with Gasteiger partial charge >= 0.3 is 6.09 Å². The van der Waals surface area contributed by atoms with Gasteiger partial charge < -0.3 is 19.9 Å². The summed E-state index contributed by atoms with van der Waals surface area (Å²) in [6.45, 7) is 7.77. The smallest absolute Gasteiger partial charge is 0.409 e. The number of piperazine rings is 1. The first-order valence-electron chi connectivity index (χ1n) is 9.34. The van der Waals surface area contributed by atoms with Crippen LogP contribution in [0, 0.1) is 5.92 Å². The van der Waals surface area contributed by atoms with E-state index in [4.69, 9.17) is 4.74 Å². The highest BCUT2D eigenvalue weighted by atomic mass is 16.6. The second-order valence-electron chi connectivity index (χ2n) is 7.57. The maximum atomic E-state index is 13.1. The summed E-state index contributed by atoms with van der Waals surface area (Å²) in [5.74, 6) is 0.138. The summed E-state index contributed by atoms with van der Waals surface area (Å²) in [4.78, 5) is 40.2. The molecule has 3 amide bonds. The Morgan fingerprint density at radius 1 is 1.00 bits per heavy atom. The minimum Gasteiger partial charge on any atom is -0.449 e. The minimum absolute atomic E-state index is 0.00222. The third-order valence-electron chi connectivity index (χ3n) is 4.90. The number of hydrogen-bond donors (Lipinski definition) is 1. The van der Waals surface area contributed by atoms with Crippen LogP contribution in [0.2, 0.25) is 0 Å². The van der Waals surface area contributed by atoms with E-state index >= 15 is 0 Å². The molecule has 1 saturated carbocycles. The van der Waals surface area contributed by atoms with Crippen LogP contribution in [0.25, 0.3) is 0 Å². The summed E-state index contributed by atoms with van der Waals surface area (Å²) in [5.41, 5.74) is -0.760. The molecule has 25 heavy (non-hydrogen) atoms. The van der Waals surface area contributed by atoms with Gasteiger partial charge in [-0.25, -0.2) is 4.79 Å². The standard InChI is InChI=1S/C18H31N3O4/c1-14(2)13-25-17(24)21-11-9-20(10-12-21)16(23)18(19-15(3)22)7-5-4-6-8-18/h14H,4-13H2,1-3H3,(H,19,22). The molecular formula is C18H31N3O4. The van der Waals surface area contributed by atoms with Crippen molar-refractivity contribution < 1.29 is 19.1 Å². The largest absolute Gasteiger partial charge is 0.449 e. The van der Waals surface area contributed by atoms with E-state index in [2.05, 4.69) is 5.32 Å². The van der Waals surface area contributed by atoms with Gasteiger partial charge in [-0.3, -0.25) is 9.59 Å².